The second-order valence-electron chi connectivity index (χ2n) is 5.93. The van der Waals surface area contributed by atoms with Crippen LogP contribution in [0.25, 0.3) is 0 Å². The fraction of sp³-hybridized carbons (Fsp3) is 0.333. The molecule has 0 saturated heterocycles. The third-order valence-corrected chi connectivity index (χ3v) is 3.88. The zero-order valence-electron chi connectivity index (χ0n) is 15.7. The molecule has 2 aromatic carbocycles. The number of rotatable bonds is 9. The van der Waals surface area contributed by atoms with Crippen LogP contribution in [0.1, 0.15) is 30.3 Å². The highest BCUT2D eigenvalue weighted by atomic mass is 16.6. The van der Waals surface area contributed by atoms with Crippen molar-refractivity contribution < 1.29 is 28.5 Å². The first kappa shape index (κ1) is 20.6. The summed E-state index contributed by atoms with van der Waals surface area (Å²) < 4.78 is 21.1. The van der Waals surface area contributed by atoms with Crippen LogP contribution >= 0.6 is 0 Å². The van der Waals surface area contributed by atoms with Crippen LogP contribution in [0.5, 0.6) is 0 Å². The average molecular weight is 372 g/mol. The van der Waals surface area contributed by atoms with Crippen LogP contribution < -0.4 is 0 Å². The van der Waals surface area contributed by atoms with E-state index in [-0.39, 0.29) is 6.61 Å². The van der Waals surface area contributed by atoms with E-state index in [0.29, 0.717) is 11.1 Å². The molecule has 6 heteroatoms. The van der Waals surface area contributed by atoms with Crippen LogP contribution in [-0.2, 0) is 28.5 Å². The second-order valence-corrected chi connectivity index (χ2v) is 5.93. The largest absolute Gasteiger partial charge is 0.460 e. The summed E-state index contributed by atoms with van der Waals surface area (Å²) in [6.07, 6.45) is -2.29. The predicted molar refractivity (Wildman–Crippen MR) is 98.9 cm³/mol. The van der Waals surface area contributed by atoms with E-state index >= 15 is 0 Å². The first-order chi connectivity index (χ1) is 13.1. The van der Waals surface area contributed by atoms with Gasteiger partial charge in [-0.15, -0.1) is 0 Å². The smallest absolute Gasteiger partial charge is 0.340 e. The zero-order chi connectivity index (χ0) is 19.6. The number of hydrogen-bond donors (Lipinski definition) is 0. The Bertz CT molecular complexity index is 716. The molecule has 0 bridgehead atoms. The lowest BCUT2D eigenvalue weighted by Crippen LogP contribution is -2.28. The van der Waals surface area contributed by atoms with Crippen molar-refractivity contribution in [2.24, 2.45) is 0 Å². The third kappa shape index (κ3) is 5.91. The summed E-state index contributed by atoms with van der Waals surface area (Å²) in [6.45, 7) is 1.57. The standard InChI is InChI=1S/C21H24O6/c1-15(27-21(23)19(25-3)17-12-8-5-9-13-17)14-26-20(22)18(24-2)16-10-6-4-7-11-16/h4-13,15,18-19H,14H2,1-3H3/t15-,18+,19+/m0/s1. The SMILES string of the molecule is CO[C@@H](C(=O)OC[C@H](C)OC(=O)[C@H](OC)c1ccccc1)c1ccccc1. The maximum absolute atomic E-state index is 12.3. The Morgan fingerprint density at radius 1 is 0.778 bits per heavy atom. The lowest BCUT2D eigenvalue weighted by molar-refractivity contribution is -0.170. The van der Waals surface area contributed by atoms with Gasteiger partial charge in [-0.2, -0.15) is 0 Å². The Labute approximate surface area is 159 Å². The van der Waals surface area contributed by atoms with Crippen LogP contribution in [0.2, 0.25) is 0 Å². The summed E-state index contributed by atoms with van der Waals surface area (Å²) in [6, 6.07) is 18.1. The normalized spacial score (nSPS) is 14.0. The summed E-state index contributed by atoms with van der Waals surface area (Å²) in [4.78, 5) is 24.6. The Hall–Kier alpha value is -2.70. The van der Waals surface area contributed by atoms with E-state index in [1.54, 1.807) is 31.2 Å². The van der Waals surface area contributed by atoms with E-state index in [1.807, 2.05) is 36.4 Å². The van der Waals surface area contributed by atoms with Crippen molar-refractivity contribution in [3.8, 4) is 0 Å². The van der Waals surface area contributed by atoms with Crippen molar-refractivity contribution in [2.45, 2.75) is 25.2 Å². The van der Waals surface area contributed by atoms with Gasteiger partial charge in [0.2, 0.25) is 0 Å². The lowest BCUT2D eigenvalue weighted by Gasteiger charge is -2.20. The molecule has 0 aliphatic carbocycles. The molecule has 0 radical (unpaired) electrons. The van der Waals surface area contributed by atoms with Gasteiger partial charge in [0.05, 0.1) is 0 Å². The van der Waals surface area contributed by atoms with Crippen molar-refractivity contribution in [3.63, 3.8) is 0 Å². The van der Waals surface area contributed by atoms with Gasteiger partial charge in [0.1, 0.15) is 12.7 Å². The van der Waals surface area contributed by atoms with Crippen LogP contribution in [0.4, 0.5) is 0 Å². The van der Waals surface area contributed by atoms with E-state index in [2.05, 4.69) is 0 Å². The van der Waals surface area contributed by atoms with Gasteiger partial charge < -0.3 is 18.9 Å². The van der Waals surface area contributed by atoms with Crippen molar-refractivity contribution in [1.82, 2.24) is 0 Å². The minimum atomic E-state index is -0.833. The fourth-order valence-corrected chi connectivity index (χ4v) is 2.56. The van der Waals surface area contributed by atoms with E-state index in [1.165, 1.54) is 14.2 Å². The first-order valence-electron chi connectivity index (χ1n) is 8.59. The van der Waals surface area contributed by atoms with Crippen LogP contribution in [0.3, 0.4) is 0 Å². The van der Waals surface area contributed by atoms with E-state index in [0.717, 1.165) is 0 Å². The molecule has 0 heterocycles. The predicted octanol–water partition coefficient (Wildman–Crippen LogP) is 3.24. The molecule has 0 aliphatic rings. The van der Waals surface area contributed by atoms with Crippen LogP contribution in [-0.4, -0.2) is 38.9 Å². The van der Waals surface area contributed by atoms with E-state index < -0.39 is 30.3 Å². The molecule has 2 aromatic rings. The van der Waals surface area contributed by atoms with Gasteiger partial charge in [0.25, 0.3) is 0 Å². The highest BCUT2D eigenvalue weighted by molar-refractivity contribution is 5.77. The second kappa shape index (κ2) is 10.4. The fourth-order valence-electron chi connectivity index (χ4n) is 2.56. The Morgan fingerprint density at radius 3 is 1.67 bits per heavy atom. The molecule has 0 N–H and O–H groups in total. The summed E-state index contributed by atoms with van der Waals surface area (Å²) in [7, 11) is 2.87. The number of esters is 2. The molecule has 144 valence electrons. The van der Waals surface area contributed by atoms with Crippen molar-refractivity contribution in [1.29, 1.82) is 0 Å². The first-order valence-corrected chi connectivity index (χ1v) is 8.59. The molecule has 0 unspecified atom stereocenters. The highest BCUT2D eigenvalue weighted by Crippen LogP contribution is 2.20. The number of carbonyl (C=O) groups is 2. The molecule has 0 fully saturated rings. The zero-order valence-corrected chi connectivity index (χ0v) is 15.7. The molecule has 0 spiro atoms. The van der Waals surface area contributed by atoms with Gasteiger partial charge in [-0.05, 0) is 18.1 Å². The molecule has 0 saturated carbocycles. The average Bonchev–Trinajstić information content (AvgIpc) is 2.69. The molecule has 0 aliphatic heterocycles. The van der Waals surface area contributed by atoms with Gasteiger partial charge in [-0.25, -0.2) is 9.59 Å². The third-order valence-electron chi connectivity index (χ3n) is 3.88. The van der Waals surface area contributed by atoms with Gasteiger partial charge in [-0.3, -0.25) is 0 Å². The van der Waals surface area contributed by atoms with Gasteiger partial charge >= 0.3 is 11.9 Å². The van der Waals surface area contributed by atoms with Crippen molar-refractivity contribution >= 4 is 11.9 Å². The van der Waals surface area contributed by atoms with Crippen molar-refractivity contribution in [2.75, 3.05) is 20.8 Å². The molecule has 3 atom stereocenters. The maximum atomic E-state index is 12.3. The minimum absolute atomic E-state index is 0.0809. The quantitative estimate of drug-likeness (QED) is 0.630. The molecule has 27 heavy (non-hydrogen) atoms. The van der Waals surface area contributed by atoms with Gasteiger partial charge in [0.15, 0.2) is 12.2 Å². The summed E-state index contributed by atoms with van der Waals surface area (Å²) in [5.41, 5.74) is 1.39. The maximum Gasteiger partial charge on any atom is 0.340 e. The molecule has 6 nitrogen and oxygen atoms in total. The number of hydrogen-bond acceptors (Lipinski definition) is 6. The number of carbonyl (C=O) groups excluding carboxylic acids is 2. The number of methoxy groups -OCH3 is 2. The monoisotopic (exact) mass is 372 g/mol. The lowest BCUT2D eigenvalue weighted by atomic mass is 10.1. The van der Waals surface area contributed by atoms with E-state index in [4.69, 9.17) is 18.9 Å². The number of ether oxygens (including phenoxy) is 4. The minimum Gasteiger partial charge on any atom is -0.460 e. The number of benzene rings is 2. The summed E-state index contributed by atoms with van der Waals surface area (Å²) >= 11 is 0. The van der Waals surface area contributed by atoms with Gasteiger partial charge in [0, 0.05) is 14.2 Å². The molecular formula is C21H24O6. The Kier molecular flexibility index (Phi) is 7.98. The molecular weight excluding hydrogens is 348 g/mol. The van der Waals surface area contributed by atoms with E-state index in [9.17, 15) is 9.59 Å². The van der Waals surface area contributed by atoms with Crippen molar-refractivity contribution in [3.05, 3.63) is 71.8 Å². The summed E-state index contributed by atoms with van der Waals surface area (Å²) in [5, 5.41) is 0. The molecule has 0 aromatic heterocycles. The molecule has 0 amide bonds. The Balaban J connectivity index is 1.88. The van der Waals surface area contributed by atoms with Gasteiger partial charge in [-0.1, -0.05) is 60.7 Å². The Morgan fingerprint density at radius 2 is 1.22 bits per heavy atom. The summed E-state index contributed by atoms with van der Waals surface area (Å²) in [5.74, 6) is -1.09. The topological polar surface area (TPSA) is 71.1 Å². The highest BCUT2D eigenvalue weighted by Gasteiger charge is 2.26. The molecule has 2 rings (SSSR count). The van der Waals surface area contributed by atoms with Crippen LogP contribution in [0.15, 0.2) is 60.7 Å². The van der Waals surface area contributed by atoms with Crippen LogP contribution in [0, 0.1) is 0 Å².